The van der Waals surface area contributed by atoms with E-state index >= 15 is 0 Å². The summed E-state index contributed by atoms with van der Waals surface area (Å²) in [4.78, 5) is 1.32. The Morgan fingerprint density at radius 2 is 2.05 bits per heavy atom. The summed E-state index contributed by atoms with van der Waals surface area (Å²) in [6, 6.07) is 5.64. The van der Waals surface area contributed by atoms with Crippen molar-refractivity contribution in [2.24, 2.45) is 0 Å². The Balaban J connectivity index is 2.18. The van der Waals surface area contributed by atoms with Crippen LogP contribution in [0.15, 0.2) is 18.2 Å². The van der Waals surface area contributed by atoms with Crippen LogP contribution in [0, 0.1) is 0 Å². The van der Waals surface area contributed by atoms with E-state index in [9.17, 15) is 13.2 Å². The first-order chi connectivity index (χ1) is 9.39. The lowest BCUT2D eigenvalue weighted by atomic mass is 10.1. The molecule has 1 fully saturated rings. The van der Waals surface area contributed by atoms with Crippen molar-refractivity contribution >= 4 is 17.3 Å². The van der Waals surface area contributed by atoms with Crippen molar-refractivity contribution in [1.82, 2.24) is 5.32 Å². The fraction of sp³-hybridized carbons (Fsp3) is 0.571. The van der Waals surface area contributed by atoms with Gasteiger partial charge in [0.05, 0.1) is 0 Å². The van der Waals surface area contributed by atoms with Crippen molar-refractivity contribution in [2.75, 3.05) is 18.0 Å². The van der Waals surface area contributed by atoms with Crippen LogP contribution in [0.25, 0.3) is 0 Å². The minimum atomic E-state index is -4.22. The van der Waals surface area contributed by atoms with Gasteiger partial charge < -0.3 is 10.2 Å². The third-order valence-corrected chi connectivity index (χ3v) is 3.53. The smallest absolute Gasteiger partial charge is 0.363 e. The van der Waals surface area contributed by atoms with E-state index in [0.29, 0.717) is 23.3 Å². The van der Waals surface area contributed by atoms with E-state index in [1.54, 1.807) is 25.1 Å². The van der Waals surface area contributed by atoms with Crippen LogP contribution in [-0.2, 0) is 6.54 Å². The maximum Gasteiger partial charge on any atom is 0.405 e. The molecule has 0 heterocycles. The number of hydrogen-bond donors (Lipinski definition) is 1. The molecule has 0 aliphatic heterocycles. The number of nitrogens with one attached hydrogen (secondary N) is 1. The molecule has 0 bridgehead atoms. The second-order valence-electron chi connectivity index (χ2n) is 5.06. The first-order valence-electron chi connectivity index (χ1n) is 6.72. The van der Waals surface area contributed by atoms with E-state index in [1.807, 2.05) is 0 Å². The quantitative estimate of drug-likeness (QED) is 0.855. The highest BCUT2D eigenvalue weighted by molar-refractivity contribution is 6.30. The van der Waals surface area contributed by atoms with Gasteiger partial charge in [-0.25, -0.2) is 0 Å². The summed E-state index contributed by atoms with van der Waals surface area (Å²) in [6.07, 6.45) is -1.94. The molecule has 112 valence electrons. The van der Waals surface area contributed by atoms with Gasteiger partial charge in [-0.2, -0.15) is 13.2 Å². The summed E-state index contributed by atoms with van der Waals surface area (Å²) in [6.45, 7) is 1.62. The second kappa shape index (κ2) is 6.22. The summed E-state index contributed by atoms with van der Waals surface area (Å²) < 4.78 is 37.9. The average Bonchev–Trinajstić information content (AvgIpc) is 3.17. The molecule has 0 saturated heterocycles. The van der Waals surface area contributed by atoms with Crippen molar-refractivity contribution in [2.45, 2.75) is 38.5 Å². The van der Waals surface area contributed by atoms with Crippen molar-refractivity contribution in [1.29, 1.82) is 0 Å². The van der Waals surface area contributed by atoms with Crippen LogP contribution < -0.4 is 10.2 Å². The van der Waals surface area contributed by atoms with Crippen LogP contribution in [0.2, 0.25) is 5.02 Å². The molecule has 0 atom stereocenters. The van der Waals surface area contributed by atoms with Gasteiger partial charge in [-0.15, -0.1) is 0 Å². The highest BCUT2D eigenvalue weighted by Crippen LogP contribution is 2.29. The normalized spacial score (nSPS) is 15.4. The second-order valence-corrected chi connectivity index (χ2v) is 5.49. The van der Waals surface area contributed by atoms with Crippen LogP contribution in [-0.4, -0.2) is 25.3 Å². The van der Waals surface area contributed by atoms with E-state index in [0.717, 1.165) is 18.4 Å². The SMILES string of the molecule is CCN(CC(F)(F)F)c1cc(Cl)ccc1CNC1CC1. The van der Waals surface area contributed by atoms with E-state index in [-0.39, 0.29) is 6.54 Å². The van der Waals surface area contributed by atoms with E-state index in [2.05, 4.69) is 5.32 Å². The molecular weight excluding hydrogens is 289 g/mol. The molecule has 6 heteroatoms. The summed E-state index contributed by atoms with van der Waals surface area (Å²) in [7, 11) is 0. The topological polar surface area (TPSA) is 15.3 Å². The Kier molecular flexibility index (Phi) is 4.81. The summed E-state index contributed by atoms with van der Waals surface area (Å²) >= 11 is 5.94. The predicted molar refractivity (Wildman–Crippen MR) is 75.3 cm³/mol. The van der Waals surface area contributed by atoms with Crippen LogP contribution in [0.4, 0.5) is 18.9 Å². The van der Waals surface area contributed by atoms with Gasteiger partial charge in [-0.3, -0.25) is 0 Å². The van der Waals surface area contributed by atoms with Gasteiger partial charge in [0.2, 0.25) is 0 Å². The van der Waals surface area contributed by atoms with Gasteiger partial charge in [0.15, 0.2) is 0 Å². The van der Waals surface area contributed by atoms with E-state index < -0.39 is 12.7 Å². The molecule has 2 nitrogen and oxygen atoms in total. The Bertz CT molecular complexity index is 458. The predicted octanol–water partition coefficient (Wildman–Crippen LogP) is 3.98. The molecule has 0 unspecified atom stereocenters. The number of rotatable bonds is 6. The van der Waals surface area contributed by atoms with Crippen molar-refractivity contribution in [3.63, 3.8) is 0 Å². The van der Waals surface area contributed by atoms with Crippen molar-refractivity contribution in [3.05, 3.63) is 28.8 Å². The third kappa shape index (κ3) is 4.56. The lowest BCUT2D eigenvalue weighted by Crippen LogP contribution is -2.35. The standard InChI is InChI=1S/C14H18ClF3N2/c1-2-20(9-14(16,17)18)13-7-11(15)4-3-10(13)8-19-12-5-6-12/h3-4,7,12,19H,2,5-6,8-9H2,1H3. The highest BCUT2D eigenvalue weighted by atomic mass is 35.5. The number of alkyl halides is 3. The minimum absolute atomic E-state index is 0.288. The fourth-order valence-corrected chi connectivity index (χ4v) is 2.27. The third-order valence-electron chi connectivity index (χ3n) is 3.30. The molecule has 20 heavy (non-hydrogen) atoms. The van der Waals surface area contributed by atoms with Crippen molar-refractivity contribution < 1.29 is 13.2 Å². The Morgan fingerprint density at radius 3 is 2.60 bits per heavy atom. The van der Waals surface area contributed by atoms with E-state index in [1.165, 1.54) is 4.90 Å². The molecule has 1 aliphatic carbocycles. The zero-order valence-corrected chi connectivity index (χ0v) is 12.1. The summed E-state index contributed by atoms with van der Waals surface area (Å²) in [5, 5.41) is 3.78. The van der Waals surface area contributed by atoms with Gasteiger partial charge in [0.25, 0.3) is 0 Å². The maximum atomic E-state index is 12.6. The Labute approximate surface area is 121 Å². The lowest BCUT2D eigenvalue weighted by molar-refractivity contribution is -0.119. The van der Waals surface area contributed by atoms with Crippen LogP contribution >= 0.6 is 11.6 Å². The first-order valence-corrected chi connectivity index (χ1v) is 7.10. The molecule has 2 rings (SSSR count). The molecule has 0 spiro atoms. The van der Waals surface area contributed by atoms with Gasteiger partial charge in [-0.05, 0) is 37.5 Å². The van der Waals surface area contributed by atoms with Gasteiger partial charge >= 0.3 is 6.18 Å². The fourth-order valence-electron chi connectivity index (χ4n) is 2.11. The summed E-state index contributed by atoms with van der Waals surface area (Å²) in [5.41, 5.74) is 1.41. The molecule has 1 N–H and O–H groups in total. The Hall–Kier alpha value is -0.940. The number of benzene rings is 1. The molecule has 0 amide bonds. The van der Waals surface area contributed by atoms with Gasteiger partial charge in [-0.1, -0.05) is 17.7 Å². The van der Waals surface area contributed by atoms with E-state index in [4.69, 9.17) is 11.6 Å². The minimum Gasteiger partial charge on any atom is -0.363 e. The molecule has 1 aromatic carbocycles. The molecular formula is C14H18ClF3N2. The molecule has 1 saturated carbocycles. The monoisotopic (exact) mass is 306 g/mol. The average molecular weight is 307 g/mol. The molecule has 1 aliphatic rings. The molecule has 0 aromatic heterocycles. The number of hydrogen-bond acceptors (Lipinski definition) is 2. The van der Waals surface area contributed by atoms with Crippen LogP contribution in [0.1, 0.15) is 25.3 Å². The number of nitrogens with zero attached hydrogens (tertiary/aromatic N) is 1. The van der Waals surface area contributed by atoms with Crippen LogP contribution in [0.3, 0.4) is 0 Å². The Morgan fingerprint density at radius 1 is 1.35 bits per heavy atom. The maximum absolute atomic E-state index is 12.6. The summed E-state index contributed by atoms with van der Waals surface area (Å²) in [5.74, 6) is 0. The first kappa shape index (κ1) is 15.4. The largest absolute Gasteiger partial charge is 0.405 e. The lowest BCUT2D eigenvalue weighted by Gasteiger charge is -2.27. The molecule has 1 aromatic rings. The highest BCUT2D eigenvalue weighted by Gasteiger charge is 2.31. The van der Waals surface area contributed by atoms with Gasteiger partial charge in [0.1, 0.15) is 6.54 Å². The number of halogens is 4. The zero-order valence-electron chi connectivity index (χ0n) is 11.3. The zero-order chi connectivity index (χ0) is 14.8. The van der Waals surface area contributed by atoms with Crippen LogP contribution in [0.5, 0.6) is 0 Å². The van der Waals surface area contributed by atoms with Gasteiger partial charge in [0, 0.05) is 29.8 Å². The van der Waals surface area contributed by atoms with Crippen molar-refractivity contribution in [3.8, 4) is 0 Å². The molecule has 0 radical (unpaired) electrons. The number of anilines is 1.